The molecule has 164 valence electrons. The predicted octanol–water partition coefficient (Wildman–Crippen LogP) is 4.81. The first kappa shape index (κ1) is 22.7. The number of benzene rings is 3. The number of amides is 2. The molecule has 0 aromatic heterocycles. The number of ether oxygens (including phenoxy) is 1. The second-order valence-electron chi connectivity index (χ2n) is 7.39. The van der Waals surface area contributed by atoms with Crippen molar-refractivity contribution in [1.82, 2.24) is 5.32 Å². The number of methoxy groups -OCH3 is 1. The molecule has 0 heterocycles. The van der Waals surface area contributed by atoms with Gasteiger partial charge < -0.3 is 15.4 Å². The highest BCUT2D eigenvalue weighted by Gasteiger charge is 2.16. The number of esters is 1. The average Bonchev–Trinajstić information content (AvgIpc) is 2.81. The molecule has 6 nitrogen and oxygen atoms in total. The second kappa shape index (κ2) is 10.4. The molecular weight excluding hydrogens is 404 g/mol. The largest absolute Gasteiger partial charge is 0.465 e. The highest BCUT2D eigenvalue weighted by molar-refractivity contribution is 6.09. The smallest absolute Gasteiger partial charge is 0.339 e. The maximum atomic E-state index is 12.7. The van der Waals surface area contributed by atoms with Crippen LogP contribution in [0.5, 0.6) is 0 Å². The lowest BCUT2D eigenvalue weighted by molar-refractivity contribution is -0.111. The molecule has 3 rings (SSSR count). The van der Waals surface area contributed by atoms with Crippen molar-refractivity contribution in [3.8, 4) is 0 Å². The fraction of sp³-hybridized carbons (Fsp3) is 0.192. The summed E-state index contributed by atoms with van der Waals surface area (Å²) in [7, 11) is 1.26. The molecule has 2 amide bonds. The van der Waals surface area contributed by atoms with Crippen molar-refractivity contribution in [2.45, 2.75) is 20.3 Å². The lowest BCUT2D eigenvalue weighted by Gasteiger charge is -2.12. The van der Waals surface area contributed by atoms with Crippen molar-refractivity contribution in [3.05, 3.63) is 83.4 Å². The molecule has 0 aliphatic heterocycles. The van der Waals surface area contributed by atoms with E-state index in [-0.39, 0.29) is 17.2 Å². The maximum absolute atomic E-state index is 12.7. The van der Waals surface area contributed by atoms with Gasteiger partial charge in [-0.2, -0.15) is 0 Å². The van der Waals surface area contributed by atoms with Gasteiger partial charge in [0.2, 0.25) is 5.91 Å². The maximum Gasteiger partial charge on any atom is 0.339 e. The van der Waals surface area contributed by atoms with E-state index in [0.29, 0.717) is 12.1 Å². The molecule has 0 saturated heterocycles. The Morgan fingerprint density at radius 3 is 2.38 bits per heavy atom. The molecule has 0 unspecified atom stereocenters. The number of hydrogen-bond acceptors (Lipinski definition) is 4. The summed E-state index contributed by atoms with van der Waals surface area (Å²) in [6, 6.07) is 18.5. The highest BCUT2D eigenvalue weighted by Crippen LogP contribution is 2.22. The number of fused-ring (bicyclic) bond motifs is 1. The van der Waals surface area contributed by atoms with E-state index in [2.05, 4.69) is 10.6 Å². The molecule has 0 saturated carbocycles. The second-order valence-corrected chi connectivity index (χ2v) is 7.39. The van der Waals surface area contributed by atoms with E-state index in [9.17, 15) is 14.4 Å². The molecule has 32 heavy (non-hydrogen) atoms. The van der Waals surface area contributed by atoms with Gasteiger partial charge in [-0.3, -0.25) is 9.59 Å². The highest BCUT2D eigenvalue weighted by atomic mass is 16.5. The fourth-order valence-electron chi connectivity index (χ4n) is 3.30. The number of carbonyl (C=O) groups is 3. The van der Waals surface area contributed by atoms with Crippen LogP contribution in [0.1, 0.15) is 46.5 Å². The third-order valence-electron chi connectivity index (χ3n) is 5.03. The Labute approximate surface area is 187 Å². The molecule has 0 radical (unpaired) electrons. The van der Waals surface area contributed by atoms with Crippen LogP contribution in [-0.4, -0.2) is 31.4 Å². The van der Waals surface area contributed by atoms with Crippen molar-refractivity contribution < 1.29 is 19.1 Å². The van der Waals surface area contributed by atoms with E-state index in [1.807, 2.05) is 56.3 Å². The van der Waals surface area contributed by atoms with Crippen molar-refractivity contribution in [2.24, 2.45) is 0 Å². The number of allylic oxidation sites excluding steroid dienone is 1. The summed E-state index contributed by atoms with van der Waals surface area (Å²) in [6.45, 7) is 4.34. The summed E-state index contributed by atoms with van der Waals surface area (Å²) in [5, 5.41) is 7.70. The van der Waals surface area contributed by atoms with Gasteiger partial charge in [-0.15, -0.1) is 0 Å². The summed E-state index contributed by atoms with van der Waals surface area (Å²) in [5.41, 5.74) is 2.42. The standard InChI is InChI=1S/C26H26N2O4/c1-4-13-27-25(30)21-11-12-22(26(31)32-3)23(16-21)28-24(29)14-17(2)19-10-9-18-7-5-6-8-20(18)15-19/h5-12,14-16H,4,13H2,1-3H3,(H,27,30)(H,28,29)/b17-14-. The van der Waals surface area contributed by atoms with Crippen LogP contribution >= 0.6 is 0 Å². The third kappa shape index (κ3) is 5.40. The minimum Gasteiger partial charge on any atom is -0.465 e. The Kier molecular flexibility index (Phi) is 7.39. The lowest BCUT2D eigenvalue weighted by Crippen LogP contribution is -2.24. The molecule has 6 heteroatoms. The van der Waals surface area contributed by atoms with Gasteiger partial charge >= 0.3 is 5.97 Å². The lowest BCUT2D eigenvalue weighted by atomic mass is 10.0. The fourth-order valence-corrected chi connectivity index (χ4v) is 3.30. The van der Waals surface area contributed by atoms with Crippen LogP contribution in [0.15, 0.2) is 66.7 Å². The first-order valence-electron chi connectivity index (χ1n) is 10.4. The van der Waals surface area contributed by atoms with Gasteiger partial charge in [-0.05, 0) is 59.5 Å². The SMILES string of the molecule is CCCNC(=O)c1ccc(C(=O)OC)c(NC(=O)/C=C(/C)c2ccc3ccccc3c2)c1. The van der Waals surface area contributed by atoms with E-state index in [4.69, 9.17) is 4.74 Å². The zero-order valence-corrected chi connectivity index (χ0v) is 18.4. The first-order valence-corrected chi connectivity index (χ1v) is 10.4. The van der Waals surface area contributed by atoms with E-state index >= 15 is 0 Å². The van der Waals surface area contributed by atoms with Crippen LogP contribution in [0.2, 0.25) is 0 Å². The van der Waals surface area contributed by atoms with E-state index in [1.54, 1.807) is 0 Å². The van der Waals surface area contributed by atoms with Gasteiger partial charge in [0.25, 0.3) is 5.91 Å². The van der Waals surface area contributed by atoms with Crippen LogP contribution in [0.3, 0.4) is 0 Å². The Balaban J connectivity index is 1.86. The van der Waals surface area contributed by atoms with Crippen LogP contribution in [-0.2, 0) is 9.53 Å². The van der Waals surface area contributed by atoms with Crippen molar-refractivity contribution in [3.63, 3.8) is 0 Å². The molecule has 0 atom stereocenters. The Hall–Kier alpha value is -3.93. The quantitative estimate of drug-likeness (QED) is 0.416. The van der Waals surface area contributed by atoms with Crippen LogP contribution in [0.4, 0.5) is 5.69 Å². The van der Waals surface area contributed by atoms with Crippen molar-refractivity contribution >= 4 is 39.8 Å². The van der Waals surface area contributed by atoms with Gasteiger partial charge in [-0.25, -0.2) is 4.79 Å². The Morgan fingerprint density at radius 2 is 1.66 bits per heavy atom. The monoisotopic (exact) mass is 430 g/mol. The molecule has 0 fully saturated rings. The van der Waals surface area contributed by atoms with Crippen molar-refractivity contribution in [1.29, 1.82) is 0 Å². The Morgan fingerprint density at radius 1 is 0.938 bits per heavy atom. The molecule has 0 bridgehead atoms. The van der Waals surface area contributed by atoms with Gasteiger partial charge in [0, 0.05) is 18.2 Å². The molecule has 2 N–H and O–H groups in total. The zero-order valence-electron chi connectivity index (χ0n) is 18.4. The number of nitrogens with one attached hydrogen (secondary N) is 2. The summed E-state index contributed by atoms with van der Waals surface area (Å²) >= 11 is 0. The summed E-state index contributed by atoms with van der Waals surface area (Å²) in [4.78, 5) is 37.2. The van der Waals surface area contributed by atoms with Gasteiger partial charge in [0.15, 0.2) is 0 Å². The van der Waals surface area contributed by atoms with Crippen LogP contribution < -0.4 is 10.6 Å². The predicted molar refractivity (Wildman–Crippen MR) is 127 cm³/mol. The van der Waals surface area contributed by atoms with Gasteiger partial charge in [-0.1, -0.05) is 43.3 Å². The third-order valence-corrected chi connectivity index (χ3v) is 5.03. The first-order chi connectivity index (χ1) is 15.4. The molecule has 0 aliphatic rings. The van der Waals surface area contributed by atoms with Crippen LogP contribution in [0.25, 0.3) is 16.3 Å². The zero-order chi connectivity index (χ0) is 23.1. The average molecular weight is 431 g/mol. The summed E-state index contributed by atoms with van der Waals surface area (Å²) in [5.74, 6) is -1.29. The number of rotatable bonds is 7. The summed E-state index contributed by atoms with van der Waals surface area (Å²) in [6.07, 6.45) is 2.27. The molecule has 3 aromatic rings. The minimum absolute atomic E-state index is 0.171. The number of anilines is 1. The van der Waals surface area contributed by atoms with E-state index in [1.165, 1.54) is 31.4 Å². The molecule has 3 aromatic carbocycles. The molecular formula is C26H26N2O4. The molecule has 0 aliphatic carbocycles. The van der Waals surface area contributed by atoms with Crippen molar-refractivity contribution in [2.75, 3.05) is 19.0 Å². The number of hydrogen-bond donors (Lipinski definition) is 2. The Bertz CT molecular complexity index is 1200. The van der Waals surface area contributed by atoms with E-state index < -0.39 is 11.9 Å². The normalized spacial score (nSPS) is 11.2. The minimum atomic E-state index is -0.601. The topological polar surface area (TPSA) is 84.5 Å². The van der Waals surface area contributed by atoms with Gasteiger partial charge in [0.1, 0.15) is 0 Å². The van der Waals surface area contributed by atoms with Gasteiger partial charge in [0.05, 0.1) is 18.4 Å². The molecule has 0 spiro atoms. The summed E-state index contributed by atoms with van der Waals surface area (Å²) < 4.78 is 4.81. The number of carbonyl (C=O) groups excluding carboxylic acids is 3. The van der Waals surface area contributed by atoms with Crippen LogP contribution in [0, 0.1) is 0 Å². The van der Waals surface area contributed by atoms with E-state index in [0.717, 1.165) is 28.3 Å².